The van der Waals surface area contributed by atoms with Crippen molar-refractivity contribution in [3.05, 3.63) is 76.3 Å². The van der Waals surface area contributed by atoms with E-state index in [-0.39, 0.29) is 22.5 Å². The van der Waals surface area contributed by atoms with Crippen LogP contribution in [0.25, 0.3) is 16.5 Å². The standard InChI is InChI=1S/C22H17NO6/c1-22(2)20(25)14(11-23-15-6-4-3-5-13(15)21(26)27)18-16(29-22)9-7-12-8-10-17(24)28-19(12)18/h3-11,23H,1-2H3,(H,26,27)/b14-11-. The smallest absolute Gasteiger partial charge is 0.337 e. The second-order valence-corrected chi connectivity index (χ2v) is 7.11. The van der Waals surface area contributed by atoms with Crippen molar-refractivity contribution in [2.45, 2.75) is 19.4 Å². The van der Waals surface area contributed by atoms with Gasteiger partial charge >= 0.3 is 11.6 Å². The fraction of sp³-hybridized carbons (Fsp3) is 0.136. The van der Waals surface area contributed by atoms with Gasteiger partial charge in [-0.3, -0.25) is 4.79 Å². The fourth-order valence-corrected chi connectivity index (χ4v) is 3.30. The molecule has 1 aromatic heterocycles. The van der Waals surface area contributed by atoms with E-state index in [1.165, 1.54) is 18.3 Å². The number of ketones is 1. The number of ether oxygens (including phenoxy) is 1. The minimum atomic E-state index is -1.14. The highest BCUT2D eigenvalue weighted by atomic mass is 16.5. The highest BCUT2D eigenvalue weighted by molar-refractivity contribution is 6.28. The first-order valence-corrected chi connectivity index (χ1v) is 8.88. The van der Waals surface area contributed by atoms with Crippen molar-refractivity contribution in [1.29, 1.82) is 0 Å². The summed E-state index contributed by atoms with van der Waals surface area (Å²) < 4.78 is 11.2. The van der Waals surface area contributed by atoms with E-state index in [1.807, 2.05) is 0 Å². The topological polar surface area (TPSA) is 106 Å². The molecule has 7 nitrogen and oxygen atoms in total. The first-order valence-electron chi connectivity index (χ1n) is 8.88. The van der Waals surface area contributed by atoms with Crippen LogP contribution in [0.2, 0.25) is 0 Å². The lowest BCUT2D eigenvalue weighted by Gasteiger charge is -2.32. The van der Waals surface area contributed by atoms with Crippen molar-refractivity contribution >= 4 is 34.0 Å². The Morgan fingerprint density at radius 3 is 2.55 bits per heavy atom. The summed E-state index contributed by atoms with van der Waals surface area (Å²) in [4.78, 5) is 36.4. The molecule has 0 bridgehead atoms. The summed E-state index contributed by atoms with van der Waals surface area (Å²) in [5.41, 5.74) is -0.484. The van der Waals surface area contributed by atoms with Crippen LogP contribution in [0.3, 0.4) is 0 Å². The molecule has 2 heterocycles. The van der Waals surface area contributed by atoms with Crippen LogP contribution in [0.1, 0.15) is 29.8 Å². The van der Waals surface area contributed by atoms with Crippen molar-refractivity contribution < 1.29 is 23.8 Å². The molecule has 0 unspecified atom stereocenters. The number of Topliss-reactive ketones (excluding diaryl/α,β-unsaturated/α-hetero) is 1. The van der Waals surface area contributed by atoms with Gasteiger partial charge in [-0.1, -0.05) is 12.1 Å². The van der Waals surface area contributed by atoms with Gasteiger partial charge in [0.15, 0.2) is 5.60 Å². The van der Waals surface area contributed by atoms with Gasteiger partial charge in [-0.15, -0.1) is 0 Å². The highest BCUT2D eigenvalue weighted by Gasteiger charge is 2.40. The summed E-state index contributed by atoms with van der Waals surface area (Å²) in [6.07, 6.45) is 1.43. The van der Waals surface area contributed by atoms with Crippen molar-refractivity contribution in [3.63, 3.8) is 0 Å². The predicted molar refractivity (Wildman–Crippen MR) is 107 cm³/mol. The van der Waals surface area contributed by atoms with Gasteiger partial charge in [0.2, 0.25) is 5.78 Å². The summed E-state index contributed by atoms with van der Waals surface area (Å²) in [6, 6.07) is 12.7. The maximum atomic E-state index is 13.1. The molecule has 3 aromatic rings. The Morgan fingerprint density at radius 2 is 1.79 bits per heavy atom. The molecule has 0 spiro atoms. The normalized spacial score (nSPS) is 16.3. The van der Waals surface area contributed by atoms with Gasteiger partial charge in [-0.25, -0.2) is 9.59 Å². The predicted octanol–water partition coefficient (Wildman–Crippen LogP) is 3.68. The molecule has 146 valence electrons. The Bertz CT molecular complexity index is 1250. The van der Waals surface area contributed by atoms with Crippen LogP contribution in [0.15, 0.2) is 63.9 Å². The van der Waals surface area contributed by atoms with E-state index < -0.39 is 17.2 Å². The number of para-hydroxylation sites is 1. The first kappa shape index (κ1) is 18.5. The van der Waals surface area contributed by atoms with Crippen molar-refractivity contribution in [2.24, 2.45) is 0 Å². The zero-order valence-electron chi connectivity index (χ0n) is 15.7. The monoisotopic (exact) mass is 391 g/mol. The number of carbonyl (C=O) groups excluding carboxylic acids is 1. The summed E-state index contributed by atoms with van der Waals surface area (Å²) >= 11 is 0. The third-order valence-electron chi connectivity index (χ3n) is 4.71. The van der Waals surface area contributed by atoms with Crippen LogP contribution in [0.4, 0.5) is 5.69 Å². The molecule has 7 heteroatoms. The van der Waals surface area contributed by atoms with Crippen molar-refractivity contribution in [3.8, 4) is 5.75 Å². The quantitative estimate of drug-likeness (QED) is 0.518. The van der Waals surface area contributed by atoms with E-state index in [4.69, 9.17) is 9.15 Å². The minimum absolute atomic E-state index is 0.0628. The maximum Gasteiger partial charge on any atom is 0.337 e. The van der Waals surface area contributed by atoms with Crippen LogP contribution in [0.5, 0.6) is 5.75 Å². The molecule has 0 fully saturated rings. The molecule has 1 aliphatic heterocycles. The molecule has 0 saturated carbocycles. The second kappa shape index (κ2) is 6.63. The Morgan fingerprint density at radius 1 is 1.07 bits per heavy atom. The third-order valence-corrected chi connectivity index (χ3v) is 4.71. The highest BCUT2D eigenvalue weighted by Crippen LogP contribution is 2.41. The van der Waals surface area contributed by atoms with Crippen LogP contribution in [-0.2, 0) is 4.79 Å². The number of hydrogen-bond donors (Lipinski definition) is 2. The number of fused-ring (bicyclic) bond motifs is 3. The number of benzene rings is 2. The van der Waals surface area contributed by atoms with Gasteiger partial charge in [-0.05, 0) is 44.2 Å². The van der Waals surface area contributed by atoms with Crippen LogP contribution >= 0.6 is 0 Å². The lowest BCUT2D eigenvalue weighted by atomic mass is 9.87. The molecule has 0 amide bonds. The molecule has 2 aromatic carbocycles. The van der Waals surface area contributed by atoms with Gasteiger partial charge < -0.3 is 19.6 Å². The van der Waals surface area contributed by atoms with E-state index >= 15 is 0 Å². The number of carbonyl (C=O) groups is 2. The maximum absolute atomic E-state index is 13.1. The Hall–Kier alpha value is -3.87. The van der Waals surface area contributed by atoms with Gasteiger partial charge in [0.25, 0.3) is 0 Å². The molecule has 0 aliphatic carbocycles. The second-order valence-electron chi connectivity index (χ2n) is 7.11. The third kappa shape index (κ3) is 3.16. The average Bonchev–Trinajstić information content (AvgIpc) is 2.68. The molecule has 1 aliphatic rings. The number of aromatic carboxylic acids is 1. The molecule has 0 saturated heterocycles. The summed E-state index contributed by atoms with van der Waals surface area (Å²) in [5, 5.41) is 12.9. The van der Waals surface area contributed by atoms with E-state index in [1.54, 1.807) is 50.2 Å². The molecule has 29 heavy (non-hydrogen) atoms. The molecule has 0 atom stereocenters. The van der Waals surface area contributed by atoms with Crippen LogP contribution in [-0.4, -0.2) is 22.5 Å². The summed E-state index contributed by atoms with van der Waals surface area (Å²) in [5.74, 6) is -1.03. The Balaban J connectivity index is 1.92. The molecular weight excluding hydrogens is 374 g/mol. The largest absolute Gasteiger partial charge is 0.479 e. The van der Waals surface area contributed by atoms with Crippen LogP contribution in [0, 0.1) is 0 Å². The van der Waals surface area contributed by atoms with Gasteiger partial charge in [-0.2, -0.15) is 0 Å². The minimum Gasteiger partial charge on any atom is -0.479 e. The van der Waals surface area contributed by atoms with Gasteiger partial charge in [0.1, 0.15) is 11.3 Å². The first-order chi connectivity index (χ1) is 13.8. The number of anilines is 1. The molecule has 2 N–H and O–H groups in total. The van der Waals surface area contributed by atoms with E-state index in [9.17, 15) is 19.5 Å². The molecular formula is C22H17NO6. The number of hydrogen-bond acceptors (Lipinski definition) is 6. The van der Waals surface area contributed by atoms with Gasteiger partial charge in [0.05, 0.1) is 22.4 Å². The zero-order chi connectivity index (χ0) is 20.8. The van der Waals surface area contributed by atoms with E-state index in [0.29, 0.717) is 22.4 Å². The van der Waals surface area contributed by atoms with E-state index in [0.717, 1.165) is 0 Å². The number of carboxylic acids is 1. The number of carboxylic acid groups (broad SMARTS) is 1. The lowest BCUT2D eigenvalue weighted by Crippen LogP contribution is -2.42. The lowest BCUT2D eigenvalue weighted by molar-refractivity contribution is -0.126. The average molecular weight is 391 g/mol. The number of nitrogens with one attached hydrogen (secondary N) is 1. The Labute approximate surface area is 165 Å². The summed E-state index contributed by atoms with van der Waals surface area (Å²) in [7, 11) is 0. The van der Waals surface area contributed by atoms with Crippen molar-refractivity contribution in [1.82, 2.24) is 0 Å². The molecule has 0 radical (unpaired) electrons. The van der Waals surface area contributed by atoms with Gasteiger partial charge in [0, 0.05) is 17.7 Å². The number of rotatable bonds is 3. The van der Waals surface area contributed by atoms with E-state index in [2.05, 4.69) is 5.32 Å². The van der Waals surface area contributed by atoms with Crippen LogP contribution < -0.4 is 15.7 Å². The zero-order valence-corrected chi connectivity index (χ0v) is 15.7. The fourth-order valence-electron chi connectivity index (χ4n) is 3.30. The molecule has 4 rings (SSSR count). The van der Waals surface area contributed by atoms with Crippen molar-refractivity contribution in [2.75, 3.05) is 5.32 Å². The Kier molecular flexibility index (Phi) is 4.23. The SMILES string of the molecule is CC1(C)Oc2ccc3ccc(=O)oc3c2/C(=C/Nc2ccccc2C(=O)O)C1=O. The summed E-state index contributed by atoms with van der Waals surface area (Å²) in [6.45, 7) is 3.28.